The molecule has 0 aromatic rings. The predicted octanol–water partition coefficient (Wildman–Crippen LogP) is 17.9. The van der Waals surface area contributed by atoms with E-state index in [9.17, 15) is 19.8 Å². The van der Waals surface area contributed by atoms with Crippen molar-refractivity contribution in [3.63, 3.8) is 0 Å². The third-order valence-corrected chi connectivity index (χ3v) is 13.5. The first-order valence-electron chi connectivity index (χ1n) is 29.1. The Bertz CT molecular complexity index is 1010. The summed E-state index contributed by atoms with van der Waals surface area (Å²) in [7, 11) is 0. The van der Waals surface area contributed by atoms with Gasteiger partial charge >= 0.3 is 5.97 Å². The van der Waals surface area contributed by atoms with Crippen LogP contribution in [0.1, 0.15) is 316 Å². The van der Waals surface area contributed by atoms with Gasteiger partial charge in [0.2, 0.25) is 5.91 Å². The molecule has 1 amide bonds. The van der Waals surface area contributed by atoms with E-state index in [1.807, 2.05) is 6.08 Å². The number of nitrogens with one attached hydrogen (secondary N) is 1. The van der Waals surface area contributed by atoms with E-state index >= 15 is 0 Å². The van der Waals surface area contributed by atoms with E-state index in [0.29, 0.717) is 19.4 Å². The van der Waals surface area contributed by atoms with Crippen LogP contribution in [0.4, 0.5) is 0 Å². The molecule has 0 saturated carbocycles. The van der Waals surface area contributed by atoms with Crippen LogP contribution < -0.4 is 5.32 Å². The maximum Gasteiger partial charge on any atom is 0.305 e. The molecule has 0 fully saturated rings. The van der Waals surface area contributed by atoms with Gasteiger partial charge in [-0.25, -0.2) is 0 Å². The summed E-state index contributed by atoms with van der Waals surface area (Å²) in [6.07, 6.45) is 66.3. The number of allylic oxidation sites excluding steroid dienone is 3. The van der Waals surface area contributed by atoms with E-state index in [0.717, 1.165) is 77.0 Å². The smallest absolute Gasteiger partial charge is 0.305 e. The van der Waals surface area contributed by atoms with Crippen molar-refractivity contribution in [2.45, 2.75) is 328 Å². The second-order valence-electron chi connectivity index (χ2n) is 20.0. The normalized spacial score (nSPS) is 12.7. The lowest BCUT2D eigenvalue weighted by molar-refractivity contribution is -0.143. The number of aliphatic hydroxyl groups is 2. The number of unbranched alkanes of at least 4 members (excludes halogenated alkanes) is 41. The number of carbonyl (C=O) groups is 2. The van der Waals surface area contributed by atoms with Crippen LogP contribution in [0.2, 0.25) is 0 Å². The fourth-order valence-corrected chi connectivity index (χ4v) is 8.98. The molecule has 65 heavy (non-hydrogen) atoms. The quantitative estimate of drug-likeness (QED) is 0.0321. The van der Waals surface area contributed by atoms with Crippen molar-refractivity contribution >= 4 is 11.9 Å². The molecule has 6 heteroatoms. The van der Waals surface area contributed by atoms with Crippen LogP contribution in [0.15, 0.2) is 24.3 Å². The highest BCUT2D eigenvalue weighted by Gasteiger charge is 2.18. The summed E-state index contributed by atoms with van der Waals surface area (Å²) < 4.78 is 5.45. The Morgan fingerprint density at radius 3 is 1.09 bits per heavy atom. The molecule has 0 aromatic carbocycles. The van der Waals surface area contributed by atoms with Crippen LogP contribution in [0.5, 0.6) is 0 Å². The average Bonchev–Trinajstić information content (AvgIpc) is 3.31. The summed E-state index contributed by atoms with van der Waals surface area (Å²) in [5.74, 6) is -0.135. The molecule has 3 N–H and O–H groups in total. The van der Waals surface area contributed by atoms with E-state index in [2.05, 4.69) is 31.3 Å². The lowest BCUT2D eigenvalue weighted by atomic mass is 10.0. The van der Waals surface area contributed by atoms with Crippen molar-refractivity contribution in [3.05, 3.63) is 24.3 Å². The monoisotopic (exact) mass is 916 g/mol. The Kier molecular flexibility index (Phi) is 53.5. The molecule has 0 bridgehead atoms. The van der Waals surface area contributed by atoms with Crippen LogP contribution in [-0.4, -0.2) is 47.4 Å². The van der Waals surface area contributed by atoms with Gasteiger partial charge in [0.05, 0.1) is 25.4 Å². The van der Waals surface area contributed by atoms with Gasteiger partial charge in [-0.15, -0.1) is 0 Å². The first-order valence-corrected chi connectivity index (χ1v) is 29.1. The van der Waals surface area contributed by atoms with Crippen molar-refractivity contribution in [2.24, 2.45) is 0 Å². The summed E-state index contributed by atoms with van der Waals surface area (Å²) >= 11 is 0. The number of esters is 1. The Hall–Kier alpha value is -1.66. The SMILES string of the molecule is CCCCCCCCCCCCCCCCCCCCC/C=C/C(O)C(CO)NC(=O)CCCCCC/C=C\CCCCOC(=O)CCCCCCCCCCCCCCCCCCC. The number of hydrogen-bond acceptors (Lipinski definition) is 5. The van der Waals surface area contributed by atoms with Gasteiger partial charge in [0.15, 0.2) is 0 Å². The maximum absolute atomic E-state index is 12.5. The summed E-state index contributed by atoms with van der Waals surface area (Å²) in [5.41, 5.74) is 0. The minimum Gasteiger partial charge on any atom is -0.466 e. The van der Waals surface area contributed by atoms with Gasteiger partial charge in [0, 0.05) is 12.8 Å². The summed E-state index contributed by atoms with van der Waals surface area (Å²) in [4.78, 5) is 24.5. The number of ether oxygens (including phenoxy) is 1. The van der Waals surface area contributed by atoms with Gasteiger partial charge in [-0.1, -0.05) is 269 Å². The molecule has 0 spiro atoms. The minimum absolute atomic E-state index is 0.0339. The van der Waals surface area contributed by atoms with Crippen molar-refractivity contribution < 1.29 is 24.5 Å². The standard InChI is InChI=1S/C59H113NO5/c1-3-5-7-9-11-13-15-17-19-21-22-23-24-26-27-29-31-35-39-43-47-51-57(62)56(55-61)60-58(63)52-48-44-40-36-33-34-38-42-46-50-54-65-59(64)53-49-45-41-37-32-30-28-25-20-18-16-14-12-10-8-6-4-2/h34,38,47,51,56-57,61-62H,3-33,35-37,39-46,48-50,52-55H2,1-2H3,(H,60,63)/b38-34-,51-47+. The lowest BCUT2D eigenvalue weighted by Gasteiger charge is -2.20. The molecule has 0 aliphatic carbocycles. The van der Waals surface area contributed by atoms with Gasteiger partial charge in [0.25, 0.3) is 0 Å². The molecule has 0 aliphatic rings. The molecular formula is C59H113NO5. The van der Waals surface area contributed by atoms with Crippen molar-refractivity contribution in [3.8, 4) is 0 Å². The predicted molar refractivity (Wildman–Crippen MR) is 283 cm³/mol. The summed E-state index contributed by atoms with van der Waals surface area (Å²) in [5, 5.41) is 23.1. The van der Waals surface area contributed by atoms with Gasteiger partial charge in [0.1, 0.15) is 0 Å². The third-order valence-electron chi connectivity index (χ3n) is 13.5. The van der Waals surface area contributed by atoms with Gasteiger partial charge in [-0.2, -0.15) is 0 Å². The van der Waals surface area contributed by atoms with Crippen LogP contribution >= 0.6 is 0 Å². The Morgan fingerprint density at radius 1 is 0.415 bits per heavy atom. The molecule has 6 nitrogen and oxygen atoms in total. The second kappa shape index (κ2) is 54.9. The largest absolute Gasteiger partial charge is 0.466 e. The van der Waals surface area contributed by atoms with Crippen molar-refractivity contribution in [1.29, 1.82) is 0 Å². The van der Waals surface area contributed by atoms with Gasteiger partial charge in [-0.3, -0.25) is 9.59 Å². The minimum atomic E-state index is -0.866. The fraction of sp³-hybridized carbons (Fsp3) is 0.898. The van der Waals surface area contributed by atoms with Crippen LogP contribution in [0.25, 0.3) is 0 Å². The Morgan fingerprint density at radius 2 is 0.723 bits per heavy atom. The molecular weight excluding hydrogens is 803 g/mol. The number of amides is 1. The average molecular weight is 917 g/mol. The number of hydrogen-bond donors (Lipinski definition) is 3. The third kappa shape index (κ3) is 51.6. The van der Waals surface area contributed by atoms with E-state index in [4.69, 9.17) is 4.74 Å². The molecule has 0 heterocycles. The van der Waals surface area contributed by atoms with Gasteiger partial charge < -0.3 is 20.3 Å². The zero-order chi connectivity index (χ0) is 47.2. The molecule has 0 aromatic heterocycles. The molecule has 0 radical (unpaired) electrons. The highest BCUT2D eigenvalue weighted by molar-refractivity contribution is 5.76. The molecule has 2 unspecified atom stereocenters. The fourth-order valence-electron chi connectivity index (χ4n) is 8.98. The molecule has 2 atom stereocenters. The topological polar surface area (TPSA) is 95.9 Å². The van der Waals surface area contributed by atoms with Crippen LogP contribution in [0, 0.1) is 0 Å². The first-order chi connectivity index (χ1) is 32.0. The number of aliphatic hydroxyl groups excluding tert-OH is 2. The highest BCUT2D eigenvalue weighted by Crippen LogP contribution is 2.17. The molecule has 384 valence electrons. The highest BCUT2D eigenvalue weighted by atomic mass is 16.5. The van der Waals surface area contributed by atoms with Gasteiger partial charge in [-0.05, 0) is 57.8 Å². The van der Waals surface area contributed by atoms with E-state index in [1.165, 1.54) is 212 Å². The van der Waals surface area contributed by atoms with E-state index < -0.39 is 12.1 Å². The van der Waals surface area contributed by atoms with Crippen molar-refractivity contribution in [1.82, 2.24) is 5.32 Å². The van der Waals surface area contributed by atoms with E-state index in [-0.39, 0.29) is 18.5 Å². The Labute approximate surface area is 405 Å². The zero-order valence-electron chi connectivity index (χ0n) is 43.7. The van der Waals surface area contributed by atoms with Crippen molar-refractivity contribution in [2.75, 3.05) is 13.2 Å². The number of carbonyl (C=O) groups excluding carboxylic acids is 2. The van der Waals surface area contributed by atoms with Crippen LogP contribution in [-0.2, 0) is 14.3 Å². The molecule has 0 rings (SSSR count). The summed E-state index contributed by atoms with van der Waals surface area (Å²) in [6, 6.07) is -0.653. The molecule has 0 aliphatic heterocycles. The zero-order valence-corrected chi connectivity index (χ0v) is 43.7. The Balaban J connectivity index is 3.53. The maximum atomic E-state index is 12.5. The summed E-state index contributed by atoms with van der Waals surface area (Å²) in [6.45, 7) is 4.84. The number of rotatable bonds is 54. The van der Waals surface area contributed by atoms with E-state index in [1.54, 1.807) is 6.08 Å². The van der Waals surface area contributed by atoms with Crippen LogP contribution in [0.3, 0.4) is 0 Å². The first kappa shape index (κ1) is 63.3. The molecule has 0 saturated heterocycles. The second-order valence-corrected chi connectivity index (χ2v) is 20.0. The lowest BCUT2D eigenvalue weighted by Crippen LogP contribution is -2.45.